The SMILES string of the molecule is Cc1ncc(NC(=O)CN2CCCC2(C)C)cc1NC(=O)c1nnn2cc(-c3cnn(C4CCOC4)c3)ccc12. The van der Waals surface area contributed by atoms with Gasteiger partial charge in [-0.1, -0.05) is 11.3 Å². The van der Waals surface area contributed by atoms with E-state index in [0.717, 1.165) is 43.5 Å². The van der Waals surface area contributed by atoms with Gasteiger partial charge >= 0.3 is 0 Å². The minimum Gasteiger partial charge on any atom is -0.379 e. The van der Waals surface area contributed by atoms with Crippen molar-refractivity contribution in [2.75, 3.05) is 36.9 Å². The highest BCUT2D eigenvalue weighted by Gasteiger charge is 2.33. The number of pyridine rings is 2. The van der Waals surface area contributed by atoms with Crippen LogP contribution >= 0.6 is 0 Å². The van der Waals surface area contributed by atoms with Crippen molar-refractivity contribution in [2.24, 2.45) is 0 Å². The first-order valence-corrected chi connectivity index (χ1v) is 13.6. The number of hydrogen-bond acceptors (Lipinski definition) is 8. The van der Waals surface area contributed by atoms with Gasteiger partial charge in [0, 0.05) is 35.7 Å². The lowest BCUT2D eigenvalue weighted by molar-refractivity contribution is -0.118. The van der Waals surface area contributed by atoms with E-state index >= 15 is 0 Å². The van der Waals surface area contributed by atoms with Crippen LogP contribution in [0.15, 0.2) is 43.0 Å². The Morgan fingerprint density at radius 1 is 1.15 bits per heavy atom. The molecule has 4 aromatic rings. The van der Waals surface area contributed by atoms with Crippen molar-refractivity contribution in [3.05, 3.63) is 54.4 Å². The van der Waals surface area contributed by atoms with Crippen LogP contribution in [0.5, 0.6) is 0 Å². The van der Waals surface area contributed by atoms with Gasteiger partial charge < -0.3 is 15.4 Å². The molecule has 0 saturated carbocycles. The quantitative estimate of drug-likeness (QED) is 0.363. The Bertz CT molecular complexity index is 1570. The van der Waals surface area contributed by atoms with Crippen LogP contribution in [0.4, 0.5) is 11.4 Å². The average molecular weight is 544 g/mol. The predicted octanol–water partition coefficient (Wildman–Crippen LogP) is 3.32. The number of ether oxygens (including phenoxy) is 1. The second-order valence-electron chi connectivity index (χ2n) is 11.1. The zero-order valence-corrected chi connectivity index (χ0v) is 22.9. The minimum atomic E-state index is -0.413. The molecule has 0 aromatic carbocycles. The Kier molecular flexibility index (Phi) is 6.80. The molecule has 6 heterocycles. The molecule has 1 unspecified atom stereocenters. The smallest absolute Gasteiger partial charge is 0.278 e. The zero-order chi connectivity index (χ0) is 27.9. The molecule has 12 nitrogen and oxygen atoms in total. The molecular formula is C28H33N9O3. The summed E-state index contributed by atoms with van der Waals surface area (Å²) < 4.78 is 8.99. The van der Waals surface area contributed by atoms with Gasteiger partial charge in [0.05, 0.1) is 54.2 Å². The number of nitrogens with one attached hydrogen (secondary N) is 2. The fourth-order valence-electron chi connectivity index (χ4n) is 5.38. The number of nitrogens with zero attached hydrogens (tertiary/aromatic N) is 7. The van der Waals surface area contributed by atoms with Gasteiger partial charge in [0.25, 0.3) is 5.91 Å². The van der Waals surface area contributed by atoms with E-state index in [0.29, 0.717) is 35.7 Å². The Morgan fingerprint density at radius 2 is 2.02 bits per heavy atom. The number of aromatic nitrogens is 6. The van der Waals surface area contributed by atoms with E-state index in [1.807, 2.05) is 35.4 Å². The zero-order valence-electron chi connectivity index (χ0n) is 22.9. The van der Waals surface area contributed by atoms with Crippen LogP contribution < -0.4 is 10.6 Å². The molecule has 2 fully saturated rings. The highest BCUT2D eigenvalue weighted by atomic mass is 16.5. The molecule has 0 aliphatic carbocycles. The van der Waals surface area contributed by atoms with Gasteiger partial charge in [0.1, 0.15) is 0 Å². The lowest BCUT2D eigenvalue weighted by Gasteiger charge is -2.30. The first-order chi connectivity index (χ1) is 19.3. The minimum absolute atomic E-state index is 0.0109. The molecule has 1 atom stereocenters. The van der Waals surface area contributed by atoms with Gasteiger partial charge in [-0.2, -0.15) is 5.10 Å². The van der Waals surface area contributed by atoms with E-state index in [1.165, 1.54) is 0 Å². The van der Waals surface area contributed by atoms with E-state index in [2.05, 4.69) is 49.8 Å². The van der Waals surface area contributed by atoms with Gasteiger partial charge in [0.2, 0.25) is 5.91 Å². The lowest BCUT2D eigenvalue weighted by atomic mass is 10.0. The number of amides is 2. The highest BCUT2D eigenvalue weighted by Crippen LogP contribution is 2.28. The number of likely N-dealkylation sites (tertiary alicyclic amines) is 1. The highest BCUT2D eigenvalue weighted by molar-refractivity contribution is 6.08. The van der Waals surface area contributed by atoms with Gasteiger partial charge in [-0.05, 0) is 58.7 Å². The number of anilines is 2. The second-order valence-corrected chi connectivity index (χ2v) is 11.1. The Labute approximate surface area is 231 Å². The third-order valence-corrected chi connectivity index (χ3v) is 7.87. The van der Waals surface area contributed by atoms with Crippen molar-refractivity contribution in [1.29, 1.82) is 0 Å². The maximum absolute atomic E-state index is 13.2. The summed E-state index contributed by atoms with van der Waals surface area (Å²) in [5, 5.41) is 18.6. The summed E-state index contributed by atoms with van der Waals surface area (Å²) in [6.45, 7) is 8.74. The molecule has 2 amide bonds. The van der Waals surface area contributed by atoms with Crippen molar-refractivity contribution < 1.29 is 14.3 Å². The van der Waals surface area contributed by atoms with E-state index in [-0.39, 0.29) is 23.2 Å². The molecule has 40 heavy (non-hydrogen) atoms. The van der Waals surface area contributed by atoms with Crippen molar-refractivity contribution >= 4 is 28.7 Å². The van der Waals surface area contributed by atoms with Crippen LogP contribution in [-0.2, 0) is 9.53 Å². The molecule has 2 aliphatic heterocycles. The first kappa shape index (κ1) is 26.1. The van der Waals surface area contributed by atoms with E-state index in [1.54, 1.807) is 23.7 Å². The standard InChI is InChI=1S/C28H33N9O3/c1-18-23(11-21(13-29-18)31-25(38)16-35-9-4-8-28(35,2)3)32-27(39)26-24-6-5-19(14-37(24)34-33-26)20-12-30-36(15-20)22-7-10-40-17-22/h5-6,11-15,22H,4,7-10,16-17H2,1-3H3,(H,31,38)(H,32,39). The fourth-order valence-corrected chi connectivity index (χ4v) is 5.38. The second kappa shape index (κ2) is 10.4. The summed E-state index contributed by atoms with van der Waals surface area (Å²) in [6.07, 6.45) is 10.3. The molecule has 4 aromatic heterocycles. The number of rotatable bonds is 7. The van der Waals surface area contributed by atoms with Crippen LogP contribution in [-0.4, -0.2) is 78.1 Å². The maximum Gasteiger partial charge on any atom is 0.278 e. The largest absolute Gasteiger partial charge is 0.379 e. The molecule has 2 aliphatic rings. The summed E-state index contributed by atoms with van der Waals surface area (Å²) in [6, 6.07) is 5.71. The topological polar surface area (TPSA) is 132 Å². The van der Waals surface area contributed by atoms with Crippen molar-refractivity contribution in [1.82, 2.24) is 34.5 Å². The fraction of sp³-hybridized carbons (Fsp3) is 0.429. The molecule has 0 bridgehead atoms. The third kappa shape index (κ3) is 5.19. The van der Waals surface area contributed by atoms with Crippen molar-refractivity contribution in [2.45, 2.75) is 51.6 Å². The molecule has 6 rings (SSSR count). The normalized spacial score (nSPS) is 18.8. The van der Waals surface area contributed by atoms with Crippen LogP contribution in [0.1, 0.15) is 55.3 Å². The maximum atomic E-state index is 13.2. The summed E-state index contributed by atoms with van der Waals surface area (Å²) in [4.78, 5) is 32.5. The molecule has 0 spiro atoms. The van der Waals surface area contributed by atoms with Gasteiger partial charge in [-0.3, -0.25) is 24.2 Å². The van der Waals surface area contributed by atoms with Crippen LogP contribution in [0, 0.1) is 6.92 Å². The summed E-state index contributed by atoms with van der Waals surface area (Å²) in [7, 11) is 0. The Hall–Kier alpha value is -4.16. The van der Waals surface area contributed by atoms with Crippen LogP contribution in [0.3, 0.4) is 0 Å². The summed E-state index contributed by atoms with van der Waals surface area (Å²) >= 11 is 0. The number of hydrogen-bond donors (Lipinski definition) is 2. The van der Waals surface area contributed by atoms with E-state index in [4.69, 9.17) is 4.74 Å². The Balaban J connectivity index is 1.15. The van der Waals surface area contributed by atoms with Crippen LogP contribution in [0.25, 0.3) is 16.6 Å². The van der Waals surface area contributed by atoms with Gasteiger partial charge in [-0.25, -0.2) is 4.52 Å². The van der Waals surface area contributed by atoms with Crippen LogP contribution in [0.2, 0.25) is 0 Å². The van der Waals surface area contributed by atoms with Gasteiger partial charge in [0.15, 0.2) is 5.69 Å². The molecule has 208 valence electrons. The Morgan fingerprint density at radius 3 is 2.80 bits per heavy atom. The number of fused-ring (bicyclic) bond motifs is 1. The van der Waals surface area contributed by atoms with Crippen molar-refractivity contribution in [3.63, 3.8) is 0 Å². The summed E-state index contributed by atoms with van der Waals surface area (Å²) in [5.74, 6) is -0.524. The predicted molar refractivity (Wildman–Crippen MR) is 149 cm³/mol. The average Bonchev–Trinajstić information content (AvgIpc) is 3.73. The number of carbonyl (C=O) groups excluding carboxylic acids is 2. The molecule has 0 radical (unpaired) electrons. The van der Waals surface area contributed by atoms with Gasteiger partial charge in [-0.15, -0.1) is 5.10 Å². The molecule has 2 saturated heterocycles. The lowest BCUT2D eigenvalue weighted by Crippen LogP contribution is -2.42. The molecule has 12 heteroatoms. The molecule has 2 N–H and O–H groups in total. The van der Waals surface area contributed by atoms with E-state index < -0.39 is 5.91 Å². The molecular weight excluding hydrogens is 510 g/mol. The third-order valence-electron chi connectivity index (χ3n) is 7.87. The monoisotopic (exact) mass is 543 g/mol. The number of carbonyl (C=O) groups is 2. The first-order valence-electron chi connectivity index (χ1n) is 13.6. The summed E-state index contributed by atoms with van der Waals surface area (Å²) in [5.41, 5.74) is 4.26. The van der Waals surface area contributed by atoms with E-state index in [9.17, 15) is 9.59 Å². The van der Waals surface area contributed by atoms with Crippen molar-refractivity contribution in [3.8, 4) is 11.1 Å². The number of aryl methyl sites for hydroxylation is 1.